The zero-order valence-corrected chi connectivity index (χ0v) is 10.2. The van der Waals surface area contributed by atoms with E-state index in [1.165, 1.54) is 19.3 Å². The van der Waals surface area contributed by atoms with E-state index >= 15 is 0 Å². The molecule has 0 aliphatic heterocycles. The van der Waals surface area contributed by atoms with Crippen LogP contribution in [-0.4, -0.2) is 28.9 Å². The summed E-state index contributed by atoms with van der Waals surface area (Å²) in [5.41, 5.74) is 5.67. The predicted molar refractivity (Wildman–Crippen MR) is 62.5 cm³/mol. The van der Waals surface area contributed by atoms with Gasteiger partial charge in [-0.05, 0) is 46.5 Å². The maximum atomic E-state index is 12.0. The van der Waals surface area contributed by atoms with Crippen LogP contribution in [0.1, 0.15) is 52.9 Å². The zero-order valence-electron chi connectivity index (χ0n) is 10.2. The Morgan fingerprint density at radius 2 is 2.00 bits per heavy atom. The van der Waals surface area contributed by atoms with Gasteiger partial charge < -0.3 is 10.6 Å². The van der Waals surface area contributed by atoms with Crippen LogP contribution in [0.3, 0.4) is 0 Å². The molecule has 3 heteroatoms. The summed E-state index contributed by atoms with van der Waals surface area (Å²) in [6.45, 7) is 6.15. The van der Waals surface area contributed by atoms with Crippen molar-refractivity contribution >= 4 is 5.91 Å². The number of carbonyl (C=O) groups excluding carboxylic acids is 1. The molecule has 1 rings (SSSR count). The number of amides is 1. The highest BCUT2D eigenvalue weighted by molar-refractivity contribution is 5.77. The Balaban J connectivity index is 2.44. The molecule has 0 aromatic heterocycles. The standard InChI is InChI=1S/C12H24N2O/c1-9(2)14(11-5-4-6-11)12(15)8-7-10(3)13/h9-11H,4-8,13H2,1-3H3. The van der Waals surface area contributed by atoms with Gasteiger partial charge in [-0.2, -0.15) is 0 Å². The minimum absolute atomic E-state index is 0.129. The highest BCUT2D eigenvalue weighted by atomic mass is 16.2. The number of nitrogens with two attached hydrogens (primary N) is 1. The van der Waals surface area contributed by atoms with Gasteiger partial charge in [0, 0.05) is 24.5 Å². The van der Waals surface area contributed by atoms with Gasteiger partial charge in [0.15, 0.2) is 0 Å². The highest BCUT2D eigenvalue weighted by Gasteiger charge is 2.30. The van der Waals surface area contributed by atoms with E-state index in [-0.39, 0.29) is 11.9 Å². The summed E-state index contributed by atoms with van der Waals surface area (Å²) in [6.07, 6.45) is 5.04. The molecule has 0 heterocycles. The fourth-order valence-electron chi connectivity index (χ4n) is 2.06. The van der Waals surface area contributed by atoms with E-state index in [4.69, 9.17) is 5.73 Å². The average molecular weight is 212 g/mol. The summed E-state index contributed by atoms with van der Waals surface area (Å²) in [5.74, 6) is 0.284. The molecule has 1 atom stereocenters. The maximum absolute atomic E-state index is 12.0. The van der Waals surface area contributed by atoms with Crippen molar-refractivity contribution in [2.45, 2.75) is 71.0 Å². The summed E-state index contributed by atoms with van der Waals surface area (Å²) in [7, 11) is 0. The number of nitrogens with zero attached hydrogens (tertiary/aromatic N) is 1. The van der Waals surface area contributed by atoms with Gasteiger partial charge in [0.05, 0.1) is 0 Å². The number of carbonyl (C=O) groups is 1. The molecule has 0 radical (unpaired) electrons. The van der Waals surface area contributed by atoms with Crippen LogP contribution in [0.5, 0.6) is 0 Å². The van der Waals surface area contributed by atoms with Gasteiger partial charge in [-0.25, -0.2) is 0 Å². The molecule has 2 N–H and O–H groups in total. The molecule has 0 saturated heterocycles. The Morgan fingerprint density at radius 1 is 1.40 bits per heavy atom. The molecule has 0 spiro atoms. The Kier molecular flexibility index (Phi) is 4.58. The fourth-order valence-corrected chi connectivity index (χ4v) is 2.06. The van der Waals surface area contributed by atoms with Crippen LogP contribution >= 0.6 is 0 Å². The first-order valence-corrected chi connectivity index (χ1v) is 6.09. The molecule has 0 bridgehead atoms. The van der Waals surface area contributed by atoms with Crippen LogP contribution < -0.4 is 5.73 Å². The molecule has 88 valence electrons. The number of rotatable bonds is 5. The third-order valence-electron chi connectivity index (χ3n) is 3.13. The van der Waals surface area contributed by atoms with Crippen LogP contribution in [-0.2, 0) is 4.79 Å². The predicted octanol–water partition coefficient (Wildman–Crippen LogP) is 1.90. The van der Waals surface area contributed by atoms with E-state index in [2.05, 4.69) is 18.7 Å². The van der Waals surface area contributed by atoms with Gasteiger partial charge in [-0.3, -0.25) is 4.79 Å². The van der Waals surface area contributed by atoms with Crippen molar-refractivity contribution < 1.29 is 4.79 Å². The van der Waals surface area contributed by atoms with Crippen LogP contribution in [0.2, 0.25) is 0 Å². The SMILES string of the molecule is CC(N)CCC(=O)N(C(C)C)C1CCC1. The molecule has 15 heavy (non-hydrogen) atoms. The van der Waals surface area contributed by atoms with Gasteiger partial charge >= 0.3 is 0 Å². The monoisotopic (exact) mass is 212 g/mol. The van der Waals surface area contributed by atoms with Crippen molar-refractivity contribution in [3.05, 3.63) is 0 Å². The van der Waals surface area contributed by atoms with E-state index in [0.29, 0.717) is 18.5 Å². The number of hydrogen-bond acceptors (Lipinski definition) is 2. The topological polar surface area (TPSA) is 46.3 Å². The normalized spacial score (nSPS) is 18.7. The molecule has 1 fully saturated rings. The van der Waals surface area contributed by atoms with Gasteiger partial charge in [0.1, 0.15) is 0 Å². The fraction of sp³-hybridized carbons (Fsp3) is 0.917. The Labute approximate surface area is 93.0 Å². The average Bonchev–Trinajstić information content (AvgIpc) is 2.06. The first-order chi connectivity index (χ1) is 7.02. The summed E-state index contributed by atoms with van der Waals surface area (Å²) in [4.78, 5) is 14.1. The van der Waals surface area contributed by atoms with E-state index < -0.39 is 0 Å². The van der Waals surface area contributed by atoms with Crippen LogP contribution in [0.15, 0.2) is 0 Å². The highest BCUT2D eigenvalue weighted by Crippen LogP contribution is 2.27. The molecule has 1 unspecified atom stereocenters. The molecule has 1 amide bonds. The van der Waals surface area contributed by atoms with Gasteiger partial charge in [0.25, 0.3) is 0 Å². The Bertz CT molecular complexity index is 210. The van der Waals surface area contributed by atoms with Crippen LogP contribution in [0.4, 0.5) is 0 Å². The largest absolute Gasteiger partial charge is 0.337 e. The van der Waals surface area contributed by atoms with Crippen molar-refractivity contribution in [2.75, 3.05) is 0 Å². The Morgan fingerprint density at radius 3 is 2.33 bits per heavy atom. The van der Waals surface area contributed by atoms with Gasteiger partial charge in [0.2, 0.25) is 5.91 Å². The van der Waals surface area contributed by atoms with E-state index in [1.807, 2.05) is 6.92 Å². The second-order valence-electron chi connectivity index (χ2n) is 5.00. The van der Waals surface area contributed by atoms with Crippen LogP contribution in [0.25, 0.3) is 0 Å². The second kappa shape index (κ2) is 5.50. The number of hydrogen-bond donors (Lipinski definition) is 1. The van der Waals surface area contributed by atoms with Gasteiger partial charge in [-0.15, -0.1) is 0 Å². The lowest BCUT2D eigenvalue weighted by atomic mass is 9.90. The van der Waals surface area contributed by atoms with Crippen LogP contribution in [0, 0.1) is 0 Å². The van der Waals surface area contributed by atoms with E-state index in [9.17, 15) is 4.79 Å². The van der Waals surface area contributed by atoms with E-state index in [0.717, 1.165) is 6.42 Å². The second-order valence-corrected chi connectivity index (χ2v) is 5.00. The van der Waals surface area contributed by atoms with Crippen molar-refractivity contribution in [1.82, 2.24) is 4.90 Å². The quantitative estimate of drug-likeness (QED) is 0.756. The Hall–Kier alpha value is -0.570. The minimum atomic E-state index is 0.129. The summed E-state index contributed by atoms with van der Waals surface area (Å²) in [6, 6.07) is 0.964. The first-order valence-electron chi connectivity index (χ1n) is 6.09. The summed E-state index contributed by atoms with van der Waals surface area (Å²) >= 11 is 0. The zero-order chi connectivity index (χ0) is 11.4. The lowest BCUT2D eigenvalue weighted by Crippen LogP contribution is -2.48. The molecule has 1 aliphatic carbocycles. The van der Waals surface area contributed by atoms with Crippen molar-refractivity contribution in [3.63, 3.8) is 0 Å². The first kappa shape index (κ1) is 12.5. The van der Waals surface area contributed by atoms with Crippen molar-refractivity contribution in [1.29, 1.82) is 0 Å². The molecule has 3 nitrogen and oxygen atoms in total. The summed E-state index contributed by atoms with van der Waals surface area (Å²) < 4.78 is 0. The smallest absolute Gasteiger partial charge is 0.223 e. The minimum Gasteiger partial charge on any atom is -0.337 e. The van der Waals surface area contributed by atoms with Crippen molar-refractivity contribution in [2.24, 2.45) is 5.73 Å². The van der Waals surface area contributed by atoms with E-state index in [1.54, 1.807) is 0 Å². The third-order valence-corrected chi connectivity index (χ3v) is 3.13. The summed E-state index contributed by atoms with van der Waals surface area (Å²) in [5, 5.41) is 0. The van der Waals surface area contributed by atoms with Gasteiger partial charge in [-0.1, -0.05) is 0 Å². The molecule has 0 aromatic carbocycles. The molecule has 1 saturated carbocycles. The lowest BCUT2D eigenvalue weighted by molar-refractivity contribution is -0.137. The molecule has 0 aromatic rings. The third kappa shape index (κ3) is 3.49. The maximum Gasteiger partial charge on any atom is 0.223 e. The van der Waals surface area contributed by atoms with Crippen molar-refractivity contribution in [3.8, 4) is 0 Å². The lowest BCUT2D eigenvalue weighted by Gasteiger charge is -2.40. The molecular formula is C12H24N2O. The molecular weight excluding hydrogens is 188 g/mol. The molecule has 1 aliphatic rings.